The highest BCUT2D eigenvalue weighted by Crippen LogP contribution is 2.29. The van der Waals surface area contributed by atoms with Crippen LogP contribution in [-0.2, 0) is 19.5 Å². The number of hydrogen-bond donors (Lipinski definition) is 1. The standard InChI is InChI=1S/C24H28N6O/c1-3-5-8-20-17-29(15-4-2)24(31)30(20)16-18-11-13-19(14-12-18)21-9-6-7-10-22(21)23-25-27-28-26-23/h6-7,9-14,17H,3-5,8,15-16H2,1-2H3,(H,25,26,27,28). The fraction of sp³-hybridized carbons (Fsp3) is 0.333. The molecule has 0 radical (unpaired) electrons. The molecule has 0 fully saturated rings. The van der Waals surface area contributed by atoms with Gasteiger partial charge in [-0.2, -0.15) is 0 Å². The minimum atomic E-state index is 0.0835. The molecule has 1 N–H and O–H groups in total. The minimum Gasteiger partial charge on any atom is -0.299 e. The zero-order chi connectivity index (χ0) is 21.6. The molecule has 0 amide bonds. The van der Waals surface area contributed by atoms with Gasteiger partial charge in [0.1, 0.15) is 0 Å². The Morgan fingerprint density at radius 1 is 0.968 bits per heavy atom. The number of hydrogen-bond acceptors (Lipinski definition) is 4. The van der Waals surface area contributed by atoms with Crippen LogP contribution in [0.15, 0.2) is 59.5 Å². The smallest absolute Gasteiger partial charge is 0.299 e. The molecule has 0 aliphatic rings. The average molecular weight is 417 g/mol. The maximum atomic E-state index is 12.9. The normalized spacial score (nSPS) is 11.2. The molecule has 2 heterocycles. The lowest BCUT2D eigenvalue weighted by Crippen LogP contribution is -2.25. The highest BCUT2D eigenvalue weighted by molar-refractivity contribution is 5.80. The van der Waals surface area contributed by atoms with Crippen LogP contribution in [0.4, 0.5) is 0 Å². The summed E-state index contributed by atoms with van der Waals surface area (Å²) >= 11 is 0. The lowest BCUT2D eigenvalue weighted by molar-refractivity contribution is 0.617. The summed E-state index contributed by atoms with van der Waals surface area (Å²) in [6.07, 6.45) is 6.12. The molecular weight excluding hydrogens is 388 g/mol. The van der Waals surface area contributed by atoms with E-state index in [0.717, 1.165) is 60.2 Å². The fourth-order valence-corrected chi connectivity index (χ4v) is 3.90. The lowest BCUT2D eigenvalue weighted by Gasteiger charge is -2.10. The van der Waals surface area contributed by atoms with Gasteiger partial charge >= 0.3 is 5.69 Å². The molecule has 0 aliphatic heterocycles. The van der Waals surface area contributed by atoms with E-state index in [1.54, 1.807) is 0 Å². The van der Waals surface area contributed by atoms with E-state index in [1.165, 1.54) is 0 Å². The van der Waals surface area contributed by atoms with Crippen LogP contribution >= 0.6 is 0 Å². The second-order valence-electron chi connectivity index (χ2n) is 7.78. The van der Waals surface area contributed by atoms with Crippen molar-refractivity contribution >= 4 is 0 Å². The number of aromatic nitrogens is 6. The SMILES string of the molecule is CCCCc1cn(CCC)c(=O)n1Cc1ccc(-c2ccccc2-c2nnn[nH]2)cc1. The monoisotopic (exact) mass is 416 g/mol. The molecule has 0 saturated carbocycles. The Morgan fingerprint density at radius 3 is 2.42 bits per heavy atom. The van der Waals surface area contributed by atoms with Crippen LogP contribution in [-0.4, -0.2) is 29.8 Å². The molecule has 0 aliphatic carbocycles. The molecule has 2 aromatic carbocycles. The number of H-pyrrole nitrogens is 1. The molecule has 0 unspecified atom stereocenters. The number of aromatic amines is 1. The molecule has 31 heavy (non-hydrogen) atoms. The van der Waals surface area contributed by atoms with Gasteiger partial charge in [-0.1, -0.05) is 68.8 Å². The first kappa shape index (κ1) is 20.8. The van der Waals surface area contributed by atoms with E-state index >= 15 is 0 Å². The van der Waals surface area contributed by atoms with Crippen molar-refractivity contribution in [3.8, 4) is 22.5 Å². The van der Waals surface area contributed by atoms with E-state index in [2.05, 4.69) is 64.8 Å². The van der Waals surface area contributed by atoms with Gasteiger partial charge in [-0.15, -0.1) is 5.10 Å². The fourth-order valence-electron chi connectivity index (χ4n) is 3.90. The summed E-state index contributed by atoms with van der Waals surface area (Å²) in [5.41, 5.74) is 5.40. The van der Waals surface area contributed by atoms with Gasteiger partial charge in [-0.25, -0.2) is 9.89 Å². The molecule has 0 spiro atoms. The number of benzene rings is 2. The largest absolute Gasteiger partial charge is 0.328 e. The number of rotatable bonds is 9. The number of unbranched alkanes of at least 4 members (excludes halogenated alkanes) is 1. The van der Waals surface area contributed by atoms with Crippen molar-refractivity contribution in [1.82, 2.24) is 29.8 Å². The molecule has 160 valence electrons. The average Bonchev–Trinajstić information content (AvgIpc) is 3.43. The predicted molar refractivity (Wildman–Crippen MR) is 122 cm³/mol. The van der Waals surface area contributed by atoms with E-state index in [0.29, 0.717) is 12.4 Å². The van der Waals surface area contributed by atoms with E-state index in [-0.39, 0.29) is 5.69 Å². The van der Waals surface area contributed by atoms with Gasteiger partial charge in [-0.05, 0) is 46.4 Å². The van der Waals surface area contributed by atoms with Gasteiger partial charge in [-0.3, -0.25) is 9.13 Å². The molecule has 2 aromatic heterocycles. The van der Waals surface area contributed by atoms with Crippen molar-refractivity contribution < 1.29 is 0 Å². The van der Waals surface area contributed by atoms with Gasteiger partial charge in [0.25, 0.3) is 0 Å². The molecule has 4 aromatic rings. The first-order valence-corrected chi connectivity index (χ1v) is 10.9. The summed E-state index contributed by atoms with van der Waals surface area (Å²) in [4.78, 5) is 12.9. The zero-order valence-electron chi connectivity index (χ0n) is 18.1. The Hall–Kier alpha value is -3.48. The minimum absolute atomic E-state index is 0.0835. The number of nitrogens with one attached hydrogen (secondary N) is 1. The van der Waals surface area contributed by atoms with Crippen molar-refractivity contribution in [2.45, 2.75) is 52.6 Å². The topological polar surface area (TPSA) is 81.4 Å². The highest BCUT2D eigenvalue weighted by Gasteiger charge is 2.13. The predicted octanol–water partition coefficient (Wildman–Crippen LogP) is 4.30. The first-order valence-electron chi connectivity index (χ1n) is 10.9. The summed E-state index contributed by atoms with van der Waals surface area (Å²) < 4.78 is 3.77. The number of nitrogens with zero attached hydrogens (tertiary/aromatic N) is 5. The molecule has 7 nitrogen and oxygen atoms in total. The second kappa shape index (κ2) is 9.55. The van der Waals surface area contributed by atoms with E-state index < -0.39 is 0 Å². The third-order valence-corrected chi connectivity index (χ3v) is 5.51. The Labute approximate surface area is 181 Å². The van der Waals surface area contributed by atoms with Crippen molar-refractivity contribution in [3.05, 3.63) is 76.5 Å². The number of imidazole rings is 1. The van der Waals surface area contributed by atoms with Crippen LogP contribution in [0.3, 0.4) is 0 Å². The van der Waals surface area contributed by atoms with E-state index in [1.807, 2.05) is 33.5 Å². The molecule has 4 rings (SSSR count). The maximum Gasteiger partial charge on any atom is 0.328 e. The quantitative estimate of drug-likeness (QED) is 0.441. The van der Waals surface area contributed by atoms with Crippen molar-refractivity contribution in [1.29, 1.82) is 0 Å². The van der Waals surface area contributed by atoms with E-state index in [9.17, 15) is 4.79 Å². The molecule has 0 atom stereocenters. The van der Waals surface area contributed by atoms with Crippen LogP contribution < -0.4 is 5.69 Å². The number of aryl methyl sites for hydroxylation is 2. The van der Waals surface area contributed by atoms with Crippen LogP contribution in [0.2, 0.25) is 0 Å². The Balaban J connectivity index is 1.62. The Morgan fingerprint density at radius 2 is 1.74 bits per heavy atom. The van der Waals surface area contributed by atoms with Gasteiger partial charge in [0.2, 0.25) is 0 Å². The van der Waals surface area contributed by atoms with Crippen LogP contribution in [0.1, 0.15) is 44.4 Å². The molecule has 0 saturated heterocycles. The van der Waals surface area contributed by atoms with Gasteiger partial charge in [0.15, 0.2) is 5.82 Å². The molecular formula is C24H28N6O. The summed E-state index contributed by atoms with van der Waals surface area (Å²) in [7, 11) is 0. The third kappa shape index (κ3) is 4.50. The van der Waals surface area contributed by atoms with E-state index in [4.69, 9.17) is 0 Å². The third-order valence-electron chi connectivity index (χ3n) is 5.51. The maximum absolute atomic E-state index is 12.9. The van der Waals surface area contributed by atoms with Gasteiger partial charge in [0.05, 0.1) is 6.54 Å². The highest BCUT2D eigenvalue weighted by atomic mass is 16.1. The Kier molecular flexibility index (Phi) is 6.40. The summed E-state index contributed by atoms with van der Waals surface area (Å²) in [6.45, 7) is 5.62. The van der Waals surface area contributed by atoms with Gasteiger partial charge < -0.3 is 0 Å². The zero-order valence-corrected chi connectivity index (χ0v) is 18.1. The number of tetrazole rings is 1. The van der Waals surface area contributed by atoms with Gasteiger partial charge in [0, 0.05) is 24.0 Å². The summed E-state index contributed by atoms with van der Waals surface area (Å²) in [5, 5.41) is 14.3. The molecule has 0 bridgehead atoms. The van der Waals surface area contributed by atoms with Crippen LogP contribution in [0.25, 0.3) is 22.5 Å². The Bertz CT molecular complexity index is 1170. The van der Waals surface area contributed by atoms with Crippen molar-refractivity contribution in [3.63, 3.8) is 0 Å². The second-order valence-corrected chi connectivity index (χ2v) is 7.78. The van der Waals surface area contributed by atoms with Crippen LogP contribution in [0.5, 0.6) is 0 Å². The van der Waals surface area contributed by atoms with Crippen molar-refractivity contribution in [2.75, 3.05) is 0 Å². The van der Waals surface area contributed by atoms with Crippen LogP contribution in [0, 0.1) is 0 Å². The lowest BCUT2D eigenvalue weighted by atomic mass is 9.98. The first-order chi connectivity index (χ1) is 15.2. The summed E-state index contributed by atoms with van der Waals surface area (Å²) in [5.74, 6) is 0.643. The summed E-state index contributed by atoms with van der Waals surface area (Å²) in [6, 6.07) is 16.4. The van der Waals surface area contributed by atoms with Crippen molar-refractivity contribution in [2.24, 2.45) is 0 Å². The molecule has 7 heteroatoms.